The van der Waals surface area contributed by atoms with Gasteiger partial charge in [0.05, 0.1) is 0 Å². The van der Waals surface area contributed by atoms with Gasteiger partial charge in [0.2, 0.25) is 0 Å². The van der Waals surface area contributed by atoms with E-state index in [1.807, 2.05) is 19.3 Å². The van der Waals surface area contributed by atoms with Crippen LogP contribution in [0.5, 0.6) is 0 Å². The van der Waals surface area contributed by atoms with Crippen LogP contribution in [-0.4, -0.2) is 41.5 Å². The van der Waals surface area contributed by atoms with Gasteiger partial charge in [0.25, 0.3) is 0 Å². The number of H-pyrrole nitrogens is 1. The molecule has 4 heteroatoms. The summed E-state index contributed by atoms with van der Waals surface area (Å²) >= 11 is 0. The van der Waals surface area contributed by atoms with Crippen LogP contribution in [-0.2, 0) is 6.54 Å². The lowest BCUT2D eigenvalue weighted by Crippen LogP contribution is -2.24. The van der Waals surface area contributed by atoms with Crippen molar-refractivity contribution in [2.24, 2.45) is 5.92 Å². The van der Waals surface area contributed by atoms with Crippen LogP contribution >= 0.6 is 0 Å². The lowest BCUT2D eigenvalue weighted by molar-refractivity contribution is 0.316. The molecule has 3 rings (SSSR count). The largest absolute Gasteiger partial charge is 0.346 e. The van der Waals surface area contributed by atoms with Crippen molar-refractivity contribution in [2.75, 3.05) is 26.7 Å². The Hall–Kier alpha value is -1.39. The van der Waals surface area contributed by atoms with Crippen molar-refractivity contribution in [3.63, 3.8) is 0 Å². The molecule has 0 aliphatic carbocycles. The molecule has 1 saturated heterocycles. The number of nitrogens with one attached hydrogen (secondary N) is 2. The molecule has 1 aliphatic rings. The normalized spacial score (nSPS) is 20.8. The summed E-state index contributed by atoms with van der Waals surface area (Å²) in [5.74, 6) is 0.804. The summed E-state index contributed by atoms with van der Waals surface area (Å²) in [5, 5.41) is 4.53. The van der Waals surface area contributed by atoms with Crippen LogP contribution in [0.4, 0.5) is 0 Å². The molecule has 1 atom stereocenters. The molecule has 0 aromatic carbocycles. The van der Waals surface area contributed by atoms with Crippen LogP contribution in [0.3, 0.4) is 0 Å². The first-order chi connectivity index (χ1) is 8.86. The molecule has 0 radical (unpaired) electrons. The van der Waals surface area contributed by atoms with Gasteiger partial charge in [0, 0.05) is 30.9 Å². The number of nitrogens with zero attached hydrogens (tertiary/aromatic N) is 2. The number of pyridine rings is 1. The van der Waals surface area contributed by atoms with Gasteiger partial charge in [-0.25, -0.2) is 4.98 Å². The van der Waals surface area contributed by atoms with Gasteiger partial charge in [-0.15, -0.1) is 0 Å². The maximum absolute atomic E-state index is 4.34. The van der Waals surface area contributed by atoms with E-state index in [1.165, 1.54) is 30.5 Å². The minimum Gasteiger partial charge on any atom is -0.346 e. The van der Waals surface area contributed by atoms with Gasteiger partial charge in [-0.2, -0.15) is 0 Å². The van der Waals surface area contributed by atoms with Crippen molar-refractivity contribution in [1.82, 2.24) is 20.2 Å². The Balaban J connectivity index is 1.70. The minimum absolute atomic E-state index is 0.804. The Bertz CT molecular complexity index is 519. The van der Waals surface area contributed by atoms with E-state index in [4.69, 9.17) is 0 Å². The van der Waals surface area contributed by atoms with E-state index in [1.54, 1.807) is 0 Å². The molecule has 1 aliphatic heterocycles. The zero-order chi connectivity index (χ0) is 12.4. The fourth-order valence-corrected chi connectivity index (χ4v) is 2.90. The predicted molar refractivity (Wildman–Crippen MR) is 73.4 cm³/mol. The second-order valence-corrected chi connectivity index (χ2v) is 5.16. The van der Waals surface area contributed by atoms with E-state index in [-0.39, 0.29) is 0 Å². The van der Waals surface area contributed by atoms with Crippen molar-refractivity contribution in [1.29, 1.82) is 0 Å². The van der Waals surface area contributed by atoms with Crippen molar-refractivity contribution in [3.8, 4) is 0 Å². The third kappa shape index (κ3) is 2.26. The number of hydrogen-bond donors (Lipinski definition) is 2. The molecule has 2 aromatic heterocycles. The zero-order valence-corrected chi connectivity index (χ0v) is 10.8. The smallest absolute Gasteiger partial charge is 0.137 e. The molecule has 96 valence electrons. The summed E-state index contributed by atoms with van der Waals surface area (Å²) in [6.07, 6.45) is 5.24. The highest BCUT2D eigenvalue weighted by atomic mass is 15.1. The van der Waals surface area contributed by atoms with Crippen molar-refractivity contribution in [3.05, 3.63) is 30.1 Å². The summed E-state index contributed by atoms with van der Waals surface area (Å²) in [4.78, 5) is 10.1. The van der Waals surface area contributed by atoms with E-state index in [0.29, 0.717) is 0 Å². The molecule has 2 aromatic rings. The number of fused-ring (bicyclic) bond motifs is 1. The fraction of sp³-hybridized carbons (Fsp3) is 0.500. The van der Waals surface area contributed by atoms with Crippen LogP contribution in [0, 0.1) is 5.92 Å². The molecular weight excluding hydrogens is 224 g/mol. The molecule has 0 saturated carbocycles. The van der Waals surface area contributed by atoms with E-state index < -0.39 is 0 Å². The molecule has 4 nitrogen and oxygen atoms in total. The molecule has 0 bridgehead atoms. The molecule has 18 heavy (non-hydrogen) atoms. The number of aromatic nitrogens is 2. The van der Waals surface area contributed by atoms with E-state index in [0.717, 1.165) is 24.7 Å². The fourth-order valence-electron chi connectivity index (χ4n) is 2.90. The summed E-state index contributed by atoms with van der Waals surface area (Å²) in [6.45, 7) is 4.57. The Kier molecular flexibility index (Phi) is 3.30. The van der Waals surface area contributed by atoms with E-state index >= 15 is 0 Å². The topological polar surface area (TPSA) is 44.0 Å². The Labute approximate surface area is 107 Å². The van der Waals surface area contributed by atoms with Crippen molar-refractivity contribution in [2.45, 2.75) is 13.0 Å². The van der Waals surface area contributed by atoms with Gasteiger partial charge in [0.15, 0.2) is 0 Å². The summed E-state index contributed by atoms with van der Waals surface area (Å²) in [5.41, 5.74) is 2.36. The monoisotopic (exact) mass is 244 g/mol. The first kappa shape index (κ1) is 11.7. The van der Waals surface area contributed by atoms with Crippen LogP contribution in [0.15, 0.2) is 24.5 Å². The first-order valence-corrected chi connectivity index (χ1v) is 6.65. The van der Waals surface area contributed by atoms with Gasteiger partial charge in [0.1, 0.15) is 5.65 Å². The van der Waals surface area contributed by atoms with Gasteiger partial charge in [-0.3, -0.25) is 4.90 Å². The molecule has 3 heterocycles. The lowest BCUT2D eigenvalue weighted by Gasteiger charge is -2.15. The van der Waals surface area contributed by atoms with E-state index in [9.17, 15) is 0 Å². The highest BCUT2D eigenvalue weighted by Gasteiger charge is 2.22. The van der Waals surface area contributed by atoms with E-state index in [2.05, 4.69) is 32.4 Å². The quantitative estimate of drug-likeness (QED) is 0.858. The first-order valence-electron chi connectivity index (χ1n) is 6.65. The van der Waals surface area contributed by atoms with Crippen LogP contribution in [0.1, 0.15) is 12.0 Å². The summed E-state index contributed by atoms with van der Waals surface area (Å²) in [6, 6.07) is 4.16. The minimum atomic E-state index is 0.804. The molecular formula is C14H20N4. The summed E-state index contributed by atoms with van der Waals surface area (Å²) in [7, 11) is 2.04. The van der Waals surface area contributed by atoms with Gasteiger partial charge >= 0.3 is 0 Å². The molecule has 2 N–H and O–H groups in total. The standard InChI is InChI=1S/C14H20N4/c1-15-7-11-4-6-18(9-11)10-12-8-17-14-13(12)3-2-5-16-14/h2-3,5,8,11,15H,4,6-7,9-10H2,1H3,(H,16,17). The van der Waals surface area contributed by atoms with Crippen LogP contribution in [0.25, 0.3) is 11.0 Å². The lowest BCUT2D eigenvalue weighted by atomic mass is 10.1. The average Bonchev–Trinajstić information content (AvgIpc) is 2.99. The maximum atomic E-state index is 4.34. The number of hydrogen-bond acceptors (Lipinski definition) is 3. The Morgan fingerprint density at radius 2 is 2.50 bits per heavy atom. The average molecular weight is 244 g/mol. The summed E-state index contributed by atoms with van der Waals surface area (Å²) < 4.78 is 0. The molecule has 0 amide bonds. The highest BCUT2D eigenvalue weighted by Crippen LogP contribution is 2.22. The van der Waals surface area contributed by atoms with Crippen molar-refractivity contribution < 1.29 is 0 Å². The van der Waals surface area contributed by atoms with Crippen molar-refractivity contribution >= 4 is 11.0 Å². The maximum Gasteiger partial charge on any atom is 0.137 e. The number of rotatable bonds is 4. The molecule has 0 spiro atoms. The molecule has 1 fully saturated rings. The van der Waals surface area contributed by atoms with Gasteiger partial charge in [-0.05, 0) is 50.2 Å². The zero-order valence-electron chi connectivity index (χ0n) is 10.8. The second kappa shape index (κ2) is 5.08. The predicted octanol–water partition coefficient (Wildman–Crippen LogP) is 1.60. The number of aromatic amines is 1. The third-order valence-corrected chi connectivity index (χ3v) is 3.79. The molecule has 1 unspecified atom stereocenters. The third-order valence-electron chi connectivity index (χ3n) is 3.79. The van der Waals surface area contributed by atoms with Crippen LogP contribution in [0.2, 0.25) is 0 Å². The Morgan fingerprint density at radius 1 is 1.56 bits per heavy atom. The SMILES string of the molecule is CNCC1CCN(Cc2c[nH]c3ncccc23)C1. The van der Waals surface area contributed by atoms with Gasteiger partial charge in [-0.1, -0.05) is 0 Å². The second-order valence-electron chi connectivity index (χ2n) is 5.16. The van der Waals surface area contributed by atoms with Gasteiger partial charge < -0.3 is 10.3 Å². The van der Waals surface area contributed by atoms with Crippen LogP contribution < -0.4 is 5.32 Å². The number of likely N-dealkylation sites (tertiary alicyclic amines) is 1. The highest BCUT2D eigenvalue weighted by molar-refractivity contribution is 5.79. The Morgan fingerprint density at radius 3 is 3.39 bits per heavy atom.